The Balaban J connectivity index is 2.64. The van der Waals surface area contributed by atoms with Crippen LogP contribution < -0.4 is 0 Å². The number of hydrogen-bond acceptors (Lipinski definition) is 6. The lowest BCUT2D eigenvalue weighted by Gasteiger charge is -2.32. The Bertz CT molecular complexity index is 542. The highest BCUT2D eigenvalue weighted by molar-refractivity contribution is 6.67. The van der Waals surface area contributed by atoms with Crippen molar-refractivity contribution in [2.45, 2.75) is 35.5 Å². The average Bonchev–Trinajstić information content (AvgIpc) is 2.56. The van der Waals surface area contributed by atoms with Crippen LogP contribution in [-0.4, -0.2) is 59.6 Å². The topological polar surface area (TPSA) is 82.1 Å². The molecule has 140 valence electrons. The van der Waals surface area contributed by atoms with Crippen LogP contribution in [0.1, 0.15) is 25.7 Å². The minimum atomic E-state index is -1.72. The van der Waals surface area contributed by atoms with Crippen LogP contribution in [0.3, 0.4) is 0 Å². The van der Waals surface area contributed by atoms with Crippen molar-refractivity contribution in [1.82, 2.24) is 4.90 Å². The molecule has 0 unspecified atom stereocenters. The van der Waals surface area contributed by atoms with Crippen molar-refractivity contribution in [2.24, 2.45) is 0 Å². The van der Waals surface area contributed by atoms with Crippen LogP contribution in [0.5, 0.6) is 0 Å². The zero-order valence-electron chi connectivity index (χ0n) is 13.6. The predicted molar refractivity (Wildman–Crippen MR) is 91.7 cm³/mol. The molecule has 0 aromatic rings. The van der Waals surface area contributed by atoms with Crippen molar-refractivity contribution in [1.29, 1.82) is 0 Å². The van der Waals surface area contributed by atoms with E-state index < -0.39 is 22.6 Å². The fourth-order valence-corrected chi connectivity index (χ4v) is 2.32. The highest BCUT2D eigenvalue weighted by Gasteiger charge is 2.30. The van der Waals surface area contributed by atoms with Crippen LogP contribution in [0, 0.1) is 11.8 Å². The molecule has 0 aromatic carbocycles. The Hall–Kier alpha value is -1.36. The highest BCUT2D eigenvalue weighted by atomic mass is 35.6. The van der Waals surface area contributed by atoms with Gasteiger partial charge in [-0.3, -0.25) is 9.69 Å². The van der Waals surface area contributed by atoms with Crippen LogP contribution in [0.25, 0.3) is 0 Å². The fraction of sp³-hybridized carbons (Fsp3) is 0.667. The molecule has 0 saturated heterocycles. The second-order valence-corrected chi connectivity index (χ2v) is 7.68. The van der Waals surface area contributed by atoms with Gasteiger partial charge in [0, 0.05) is 18.9 Å². The maximum absolute atomic E-state index is 12.3. The van der Waals surface area contributed by atoms with E-state index in [9.17, 15) is 14.4 Å². The summed E-state index contributed by atoms with van der Waals surface area (Å²) in [5.74, 6) is 5.45. The SMILES string of the molecule is COC(=O)OCC#CCN(C(=O)OCC(Cl)(Cl)Cl)C1CCC(=O)CC1. The Labute approximate surface area is 160 Å². The Morgan fingerprint density at radius 3 is 2.40 bits per heavy atom. The molecule has 10 heteroatoms. The molecular formula is C15H18Cl3NO6. The predicted octanol–water partition coefficient (Wildman–Crippen LogP) is 3.09. The molecule has 1 fully saturated rings. The van der Waals surface area contributed by atoms with Gasteiger partial charge in [-0.2, -0.15) is 0 Å². The van der Waals surface area contributed by atoms with E-state index in [1.165, 1.54) is 12.0 Å². The lowest BCUT2D eigenvalue weighted by Crippen LogP contribution is -2.43. The van der Waals surface area contributed by atoms with E-state index in [0.717, 1.165) is 0 Å². The molecule has 0 N–H and O–H groups in total. The van der Waals surface area contributed by atoms with E-state index in [1.54, 1.807) is 0 Å². The number of rotatable bonds is 4. The van der Waals surface area contributed by atoms with Gasteiger partial charge in [-0.1, -0.05) is 46.6 Å². The number of ketones is 1. The third-order valence-corrected chi connectivity index (χ3v) is 3.68. The number of amides is 1. The number of methoxy groups -OCH3 is 1. The summed E-state index contributed by atoms with van der Waals surface area (Å²) in [6.07, 6.45) is 0.271. The maximum atomic E-state index is 12.3. The van der Waals surface area contributed by atoms with Crippen molar-refractivity contribution in [3.8, 4) is 11.8 Å². The molecule has 0 bridgehead atoms. The third kappa shape index (κ3) is 9.05. The molecule has 7 nitrogen and oxygen atoms in total. The molecule has 1 saturated carbocycles. The van der Waals surface area contributed by atoms with Crippen LogP contribution in [0.4, 0.5) is 9.59 Å². The van der Waals surface area contributed by atoms with Gasteiger partial charge in [0.05, 0.1) is 13.7 Å². The molecule has 0 aromatic heterocycles. The fourth-order valence-electron chi connectivity index (χ4n) is 2.15. The summed E-state index contributed by atoms with van der Waals surface area (Å²) in [7, 11) is 1.18. The molecule has 0 spiro atoms. The van der Waals surface area contributed by atoms with Crippen molar-refractivity contribution in [3.05, 3.63) is 0 Å². The van der Waals surface area contributed by atoms with Gasteiger partial charge in [0.15, 0.2) is 6.61 Å². The first-order valence-corrected chi connectivity index (χ1v) is 8.54. The second-order valence-electron chi connectivity index (χ2n) is 5.16. The zero-order valence-corrected chi connectivity index (χ0v) is 15.8. The Morgan fingerprint density at radius 2 is 1.84 bits per heavy atom. The normalized spacial score (nSPS) is 15.0. The number of ether oxygens (including phenoxy) is 3. The van der Waals surface area contributed by atoms with Gasteiger partial charge in [-0.25, -0.2) is 9.59 Å². The van der Waals surface area contributed by atoms with Gasteiger partial charge in [-0.15, -0.1) is 0 Å². The highest BCUT2D eigenvalue weighted by Crippen LogP contribution is 2.27. The number of carbonyl (C=O) groups excluding carboxylic acids is 3. The second kappa shape index (κ2) is 10.6. The molecule has 0 heterocycles. The van der Waals surface area contributed by atoms with Crippen LogP contribution >= 0.6 is 34.8 Å². The van der Waals surface area contributed by atoms with Gasteiger partial charge >= 0.3 is 12.2 Å². The van der Waals surface area contributed by atoms with E-state index in [2.05, 4.69) is 21.3 Å². The Morgan fingerprint density at radius 1 is 1.20 bits per heavy atom. The van der Waals surface area contributed by atoms with Gasteiger partial charge in [0.1, 0.15) is 12.4 Å². The molecule has 0 atom stereocenters. The summed E-state index contributed by atoms with van der Waals surface area (Å²) in [4.78, 5) is 35.8. The number of Topliss-reactive ketones (excluding diaryl/α,β-unsaturated/α-hetero) is 1. The zero-order chi connectivity index (χ0) is 18.9. The molecule has 0 aliphatic heterocycles. The van der Waals surface area contributed by atoms with E-state index in [4.69, 9.17) is 39.5 Å². The van der Waals surface area contributed by atoms with Crippen molar-refractivity contribution in [2.75, 3.05) is 26.9 Å². The standard InChI is InChI=1S/C15H18Cl3NO6/c1-23-14(22)24-9-3-2-8-19(11-4-6-12(20)7-5-11)13(21)25-10-15(16,17)18/h11H,4-10H2,1H3. The number of carbonyl (C=O) groups is 3. The van der Waals surface area contributed by atoms with Crippen molar-refractivity contribution in [3.63, 3.8) is 0 Å². The van der Waals surface area contributed by atoms with Crippen molar-refractivity contribution >= 4 is 52.8 Å². The Kier molecular flexibility index (Phi) is 9.19. The summed E-state index contributed by atoms with van der Waals surface area (Å²) < 4.78 is 12.2. The monoisotopic (exact) mass is 413 g/mol. The number of alkyl halides is 3. The smallest absolute Gasteiger partial charge is 0.445 e. The molecule has 1 amide bonds. The van der Waals surface area contributed by atoms with Gasteiger partial charge in [0.2, 0.25) is 3.79 Å². The molecule has 1 aliphatic rings. The first-order chi connectivity index (χ1) is 11.7. The summed E-state index contributed by atoms with van der Waals surface area (Å²) in [5, 5.41) is 0. The van der Waals surface area contributed by atoms with Crippen LogP contribution in [-0.2, 0) is 19.0 Å². The third-order valence-electron chi connectivity index (χ3n) is 3.35. The van der Waals surface area contributed by atoms with E-state index in [-0.39, 0.29) is 25.0 Å². The van der Waals surface area contributed by atoms with Gasteiger partial charge < -0.3 is 14.2 Å². The summed E-state index contributed by atoms with van der Waals surface area (Å²) >= 11 is 16.7. The molecule has 25 heavy (non-hydrogen) atoms. The first kappa shape index (κ1) is 21.7. The summed E-state index contributed by atoms with van der Waals surface area (Å²) in [5.41, 5.74) is 0. The minimum absolute atomic E-state index is 0.0298. The molecule has 0 radical (unpaired) electrons. The summed E-state index contributed by atoms with van der Waals surface area (Å²) in [6.45, 7) is -0.549. The van der Waals surface area contributed by atoms with E-state index >= 15 is 0 Å². The largest absolute Gasteiger partial charge is 0.508 e. The van der Waals surface area contributed by atoms with E-state index in [1.807, 2.05) is 0 Å². The summed E-state index contributed by atoms with van der Waals surface area (Å²) in [6, 6.07) is -0.198. The van der Waals surface area contributed by atoms with Crippen LogP contribution in [0.15, 0.2) is 0 Å². The molecule has 1 rings (SSSR count). The first-order valence-electron chi connectivity index (χ1n) is 7.41. The van der Waals surface area contributed by atoms with Gasteiger partial charge in [-0.05, 0) is 12.8 Å². The average molecular weight is 415 g/mol. The van der Waals surface area contributed by atoms with Gasteiger partial charge in [0.25, 0.3) is 0 Å². The van der Waals surface area contributed by atoms with Crippen LogP contribution in [0.2, 0.25) is 0 Å². The lowest BCUT2D eigenvalue weighted by molar-refractivity contribution is -0.121. The quantitative estimate of drug-likeness (QED) is 0.399. The number of hydrogen-bond donors (Lipinski definition) is 0. The van der Waals surface area contributed by atoms with E-state index in [0.29, 0.717) is 25.7 Å². The minimum Gasteiger partial charge on any atom is -0.445 e. The number of halogens is 3. The lowest BCUT2D eigenvalue weighted by atomic mass is 9.93. The number of nitrogens with zero attached hydrogens (tertiary/aromatic N) is 1. The molecular weight excluding hydrogens is 397 g/mol. The van der Waals surface area contributed by atoms with Crippen molar-refractivity contribution < 1.29 is 28.6 Å². The maximum Gasteiger partial charge on any atom is 0.508 e. The molecule has 1 aliphatic carbocycles.